The van der Waals surface area contributed by atoms with E-state index in [2.05, 4.69) is 4.99 Å². The minimum atomic E-state index is -0.570. The summed E-state index contributed by atoms with van der Waals surface area (Å²) in [6.07, 6.45) is 0. The fourth-order valence-electron chi connectivity index (χ4n) is 2.34. The van der Waals surface area contributed by atoms with Crippen LogP contribution in [0.4, 0.5) is 10.5 Å². The van der Waals surface area contributed by atoms with Crippen LogP contribution in [0.1, 0.15) is 5.56 Å². The number of benzene rings is 1. The van der Waals surface area contributed by atoms with Gasteiger partial charge in [-0.15, -0.1) is 0 Å². The number of amides is 3. The molecule has 3 rings (SSSR count). The van der Waals surface area contributed by atoms with Crippen LogP contribution < -0.4 is 10.6 Å². The van der Waals surface area contributed by atoms with E-state index in [0.29, 0.717) is 29.6 Å². The molecular formula is C12H11ClN4O2. The second kappa shape index (κ2) is 4.24. The molecular weight excluding hydrogens is 268 g/mol. The number of nitrogens with two attached hydrogens (primary N) is 1. The molecule has 1 aromatic carbocycles. The van der Waals surface area contributed by atoms with Crippen LogP contribution in [0.15, 0.2) is 23.2 Å². The van der Waals surface area contributed by atoms with E-state index < -0.39 is 5.91 Å². The first-order valence-corrected chi connectivity index (χ1v) is 6.17. The van der Waals surface area contributed by atoms with Gasteiger partial charge < -0.3 is 5.73 Å². The van der Waals surface area contributed by atoms with Crippen LogP contribution in [0.2, 0.25) is 5.02 Å². The van der Waals surface area contributed by atoms with E-state index in [0.717, 1.165) is 5.56 Å². The Bertz CT molecular complexity index is 614. The number of fused-ring (bicyclic) bond motifs is 3. The van der Waals surface area contributed by atoms with Crippen molar-refractivity contribution in [3.63, 3.8) is 0 Å². The van der Waals surface area contributed by atoms with Gasteiger partial charge in [-0.25, -0.2) is 4.79 Å². The molecule has 0 aliphatic carbocycles. The molecule has 0 radical (unpaired) electrons. The van der Waals surface area contributed by atoms with Crippen LogP contribution in [0.3, 0.4) is 0 Å². The molecule has 7 heteroatoms. The van der Waals surface area contributed by atoms with E-state index in [1.54, 1.807) is 23.1 Å². The van der Waals surface area contributed by atoms with E-state index in [1.807, 2.05) is 0 Å². The lowest BCUT2D eigenvalue weighted by Gasteiger charge is -2.34. The van der Waals surface area contributed by atoms with E-state index in [-0.39, 0.29) is 12.6 Å². The molecule has 2 aliphatic heterocycles. The predicted octanol–water partition coefficient (Wildman–Crippen LogP) is 0.828. The first-order valence-electron chi connectivity index (χ1n) is 5.79. The zero-order valence-electron chi connectivity index (χ0n) is 9.97. The van der Waals surface area contributed by atoms with Crippen molar-refractivity contribution in [2.75, 3.05) is 24.5 Å². The summed E-state index contributed by atoms with van der Waals surface area (Å²) >= 11 is 5.96. The van der Waals surface area contributed by atoms with Crippen LogP contribution in [0.25, 0.3) is 0 Å². The molecule has 0 fully saturated rings. The third kappa shape index (κ3) is 1.84. The summed E-state index contributed by atoms with van der Waals surface area (Å²) in [6.45, 7) is 0.912. The fourth-order valence-corrected chi connectivity index (χ4v) is 2.50. The number of primary amides is 1. The highest BCUT2D eigenvalue weighted by atomic mass is 35.5. The topological polar surface area (TPSA) is 79.0 Å². The summed E-state index contributed by atoms with van der Waals surface area (Å²) in [6, 6.07) is 4.90. The summed E-state index contributed by atoms with van der Waals surface area (Å²) in [5, 5.41) is 0.494. The minimum Gasteiger partial charge on any atom is -0.368 e. The van der Waals surface area contributed by atoms with Crippen LogP contribution in [-0.2, 0) is 4.79 Å². The number of halogens is 1. The van der Waals surface area contributed by atoms with Gasteiger partial charge in [-0.3, -0.25) is 19.6 Å². The van der Waals surface area contributed by atoms with Crippen LogP contribution >= 0.6 is 11.6 Å². The number of hydrogen-bond donors (Lipinski definition) is 1. The third-order valence-electron chi connectivity index (χ3n) is 3.11. The number of nitrogens with zero attached hydrogens (tertiary/aromatic N) is 3. The maximum atomic E-state index is 12.3. The lowest BCUT2D eigenvalue weighted by atomic mass is 10.1. The smallest absolute Gasteiger partial charge is 0.330 e. The summed E-state index contributed by atoms with van der Waals surface area (Å²) in [4.78, 5) is 30.7. The van der Waals surface area contributed by atoms with Crippen molar-refractivity contribution < 1.29 is 9.59 Å². The number of carbonyl (C=O) groups excluding carboxylic acids is 2. The number of anilines is 1. The van der Waals surface area contributed by atoms with Crippen molar-refractivity contribution >= 4 is 35.1 Å². The van der Waals surface area contributed by atoms with Gasteiger partial charge in [0.25, 0.3) is 0 Å². The molecule has 0 bridgehead atoms. The summed E-state index contributed by atoms with van der Waals surface area (Å²) in [5.41, 5.74) is 6.57. The Morgan fingerprint density at radius 2 is 2.26 bits per heavy atom. The molecule has 0 spiro atoms. The van der Waals surface area contributed by atoms with Gasteiger partial charge in [0.15, 0.2) is 0 Å². The molecule has 98 valence electrons. The second-order valence-electron chi connectivity index (χ2n) is 4.35. The van der Waals surface area contributed by atoms with Gasteiger partial charge in [-0.05, 0) is 18.2 Å². The molecule has 0 unspecified atom stereocenters. The van der Waals surface area contributed by atoms with Crippen molar-refractivity contribution in [2.24, 2.45) is 10.7 Å². The maximum absolute atomic E-state index is 12.3. The van der Waals surface area contributed by atoms with Crippen molar-refractivity contribution in [3.05, 3.63) is 28.8 Å². The van der Waals surface area contributed by atoms with Gasteiger partial charge in [0.2, 0.25) is 5.91 Å². The Hall–Kier alpha value is -2.08. The maximum Gasteiger partial charge on any atom is 0.330 e. The first kappa shape index (κ1) is 12.0. The minimum absolute atomic E-state index is 0.171. The monoisotopic (exact) mass is 278 g/mol. The second-order valence-corrected chi connectivity index (χ2v) is 4.79. The number of hydrogen-bond acceptors (Lipinski definition) is 3. The van der Waals surface area contributed by atoms with E-state index in [4.69, 9.17) is 17.3 Å². The van der Waals surface area contributed by atoms with Gasteiger partial charge >= 0.3 is 6.03 Å². The highest BCUT2D eigenvalue weighted by Gasteiger charge is 2.37. The molecule has 0 saturated heterocycles. The van der Waals surface area contributed by atoms with Crippen molar-refractivity contribution in [1.29, 1.82) is 0 Å². The molecule has 0 saturated carbocycles. The zero-order chi connectivity index (χ0) is 13.6. The fraction of sp³-hybridized carbons (Fsp3) is 0.250. The van der Waals surface area contributed by atoms with Crippen molar-refractivity contribution in [1.82, 2.24) is 4.90 Å². The van der Waals surface area contributed by atoms with Gasteiger partial charge in [0, 0.05) is 17.1 Å². The largest absolute Gasteiger partial charge is 0.368 e. The molecule has 2 aliphatic rings. The molecule has 19 heavy (non-hydrogen) atoms. The third-order valence-corrected chi connectivity index (χ3v) is 3.34. The summed E-state index contributed by atoms with van der Waals surface area (Å²) in [7, 11) is 0. The van der Waals surface area contributed by atoms with Crippen LogP contribution in [0, 0.1) is 0 Å². The number of urea groups is 1. The average molecular weight is 279 g/mol. The van der Waals surface area contributed by atoms with E-state index >= 15 is 0 Å². The van der Waals surface area contributed by atoms with E-state index in [9.17, 15) is 9.59 Å². The molecule has 0 atom stereocenters. The highest BCUT2D eigenvalue weighted by molar-refractivity contribution is 6.31. The standard InChI is InChI=1S/C12H11ClN4O2/c13-7-1-2-8-9(5-7)17(6-10(14)18)12(19)16-4-3-15-11(8)16/h1-2,5H,3-4,6H2,(H2,14,18). The molecule has 0 aromatic heterocycles. The Kier molecular flexibility index (Phi) is 2.67. The molecule has 2 N–H and O–H groups in total. The lowest BCUT2D eigenvalue weighted by Crippen LogP contribution is -2.52. The molecule has 6 nitrogen and oxygen atoms in total. The number of amidine groups is 1. The Morgan fingerprint density at radius 3 is 3.00 bits per heavy atom. The number of carbonyl (C=O) groups is 2. The SMILES string of the molecule is NC(=O)CN1C(=O)N2CCN=C2c2ccc(Cl)cc21. The normalized spacial score (nSPS) is 17.1. The zero-order valence-corrected chi connectivity index (χ0v) is 10.7. The van der Waals surface area contributed by atoms with Gasteiger partial charge in [0.05, 0.1) is 12.2 Å². The Labute approximate surface area is 114 Å². The van der Waals surface area contributed by atoms with Gasteiger partial charge in [-0.2, -0.15) is 0 Å². The number of rotatable bonds is 2. The van der Waals surface area contributed by atoms with Crippen molar-refractivity contribution in [2.45, 2.75) is 0 Å². The molecule has 1 aromatic rings. The molecule has 2 heterocycles. The summed E-state index contributed by atoms with van der Waals surface area (Å²) in [5.74, 6) is 0.0660. The van der Waals surface area contributed by atoms with Crippen LogP contribution in [-0.4, -0.2) is 42.3 Å². The molecule has 3 amide bonds. The summed E-state index contributed by atoms with van der Waals surface area (Å²) < 4.78 is 0. The van der Waals surface area contributed by atoms with Crippen molar-refractivity contribution in [3.8, 4) is 0 Å². The highest BCUT2D eigenvalue weighted by Crippen LogP contribution is 2.32. The van der Waals surface area contributed by atoms with Gasteiger partial charge in [-0.1, -0.05) is 11.6 Å². The Morgan fingerprint density at radius 1 is 1.47 bits per heavy atom. The number of aliphatic imine (C=N–C) groups is 1. The predicted molar refractivity (Wildman–Crippen MR) is 71.5 cm³/mol. The van der Waals surface area contributed by atoms with E-state index in [1.165, 1.54) is 4.90 Å². The quantitative estimate of drug-likeness (QED) is 0.869. The lowest BCUT2D eigenvalue weighted by molar-refractivity contribution is -0.116. The Balaban J connectivity index is 2.15. The van der Waals surface area contributed by atoms with Gasteiger partial charge in [0.1, 0.15) is 12.4 Å². The average Bonchev–Trinajstić information content (AvgIpc) is 2.83. The first-order chi connectivity index (χ1) is 9.08. The van der Waals surface area contributed by atoms with Crippen LogP contribution in [0.5, 0.6) is 0 Å².